The highest BCUT2D eigenvalue weighted by Crippen LogP contribution is 2.31. The first kappa shape index (κ1) is 13.6. The molecular formula is C13H18ClN3S. The van der Waals surface area contributed by atoms with E-state index in [0.29, 0.717) is 5.28 Å². The Kier molecular flexibility index (Phi) is 4.40. The molecule has 2 aromatic heterocycles. The number of hydrogen-bond donors (Lipinski definition) is 0. The predicted molar refractivity (Wildman–Crippen MR) is 80.0 cm³/mol. The highest BCUT2D eigenvalue weighted by Gasteiger charge is 2.12. The maximum atomic E-state index is 6.00. The summed E-state index contributed by atoms with van der Waals surface area (Å²) < 4.78 is 0. The lowest BCUT2D eigenvalue weighted by molar-refractivity contribution is 0.702. The molecule has 0 unspecified atom stereocenters. The van der Waals surface area contributed by atoms with Crippen molar-refractivity contribution in [2.45, 2.75) is 33.1 Å². The second kappa shape index (κ2) is 5.85. The molecule has 0 fully saturated rings. The molecule has 0 aliphatic rings. The SMILES string of the molecule is CCCCCN(C)c1nc(Cl)nc2sc(C)cc12. The molecule has 0 saturated heterocycles. The summed E-state index contributed by atoms with van der Waals surface area (Å²) in [6.07, 6.45) is 3.65. The van der Waals surface area contributed by atoms with Gasteiger partial charge in [0.05, 0.1) is 5.39 Å². The topological polar surface area (TPSA) is 29.0 Å². The van der Waals surface area contributed by atoms with Gasteiger partial charge < -0.3 is 4.90 Å². The fourth-order valence-electron chi connectivity index (χ4n) is 2.00. The van der Waals surface area contributed by atoms with Crippen LogP contribution in [0.2, 0.25) is 5.28 Å². The smallest absolute Gasteiger partial charge is 0.225 e. The fraction of sp³-hybridized carbons (Fsp3) is 0.538. The molecule has 0 saturated carbocycles. The van der Waals surface area contributed by atoms with Crippen molar-refractivity contribution in [1.82, 2.24) is 9.97 Å². The number of unbranched alkanes of at least 4 members (excludes halogenated alkanes) is 2. The molecule has 98 valence electrons. The Morgan fingerprint density at radius 3 is 2.83 bits per heavy atom. The van der Waals surface area contributed by atoms with Gasteiger partial charge in [0.25, 0.3) is 0 Å². The molecule has 3 nitrogen and oxygen atoms in total. The average Bonchev–Trinajstić information content (AvgIpc) is 2.68. The highest BCUT2D eigenvalue weighted by molar-refractivity contribution is 7.18. The molecule has 0 aliphatic heterocycles. The molecule has 0 amide bonds. The maximum Gasteiger partial charge on any atom is 0.225 e. The van der Waals surface area contributed by atoms with Gasteiger partial charge in [-0.1, -0.05) is 19.8 Å². The third kappa shape index (κ3) is 2.93. The zero-order valence-corrected chi connectivity index (χ0v) is 12.6. The molecule has 0 radical (unpaired) electrons. The van der Waals surface area contributed by atoms with E-state index in [2.05, 4.69) is 41.8 Å². The van der Waals surface area contributed by atoms with E-state index in [1.165, 1.54) is 24.1 Å². The second-order valence-corrected chi connectivity index (χ2v) is 6.09. The zero-order valence-electron chi connectivity index (χ0n) is 11.0. The van der Waals surface area contributed by atoms with Gasteiger partial charge in [-0.2, -0.15) is 4.98 Å². The first-order chi connectivity index (χ1) is 8.61. The average molecular weight is 284 g/mol. The normalized spacial score (nSPS) is 11.1. The largest absolute Gasteiger partial charge is 0.359 e. The summed E-state index contributed by atoms with van der Waals surface area (Å²) in [4.78, 5) is 13.1. The van der Waals surface area contributed by atoms with Crippen molar-refractivity contribution >= 4 is 39.0 Å². The summed E-state index contributed by atoms with van der Waals surface area (Å²) in [6, 6.07) is 2.14. The van der Waals surface area contributed by atoms with E-state index in [0.717, 1.165) is 22.6 Å². The summed E-state index contributed by atoms with van der Waals surface area (Å²) in [6.45, 7) is 5.30. The standard InChI is InChI=1S/C13H18ClN3S/c1-4-5-6-7-17(3)11-10-8-9(2)18-12(10)16-13(14)15-11/h8H,4-7H2,1-3H3. The fourth-order valence-corrected chi connectivity index (χ4v) is 3.09. The van der Waals surface area contributed by atoms with Crippen molar-refractivity contribution in [3.05, 3.63) is 16.2 Å². The van der Waals surface area contributed by atoms with Crippen LogP contribution in [0.3, 0.4) is 0 Å². The molecule has 18 heavy (non-hydrogen) atoms. The third-order valence-electron chi connectivity index (χ3n) is 2.93. The van der Waals surface area contributed by atoms with Crippen molar-refractivity contribution in [2.75, 3.05) is 18.5 Å². The van der Waals surface area contributed by atoms with Gasteiger partial charge in [0, 0.05) is 18.5 Å². The summed E-state index contributed by atoms with van der Waals surface area (Å²) in [5, 5.41) is 1.45. The lowest BCUT2D eigenvalue weighted by atomic mass is 10.2. The molecule has 2 heterocycles. The Bertz CT molecular complexity index is 538. The van der Waals surface area contributed by atoms with Crippen LogP contribution < -0.4 is 4.90 Å². The number of thiophene rings is 1. The van der Waals surface area contributed by atoms with Crippen molar-refractivity contribution in [2.24, 2.45) is 0 Å². The van der Waals surface area contributed by atoms with E-state index in [1.807, 2.05) is 0 Å². The summed E-state index contributed by atoms with van der Waals surface area (Å²) >= 11 is 7.66. The number of fused-ring (bicyclic) bond motifs is 1. The van der Waals surface area contributed by atoms with Crippen LogP contribution in [-0.2, 0) is 0 Å². The van der Waals surface area contributed by atoms with Crippen molar-refractivity contribution in [1.29, 1.82) is 0 Å². The molecule has 0 bridgehead atoms. The molecule has 2 aromatic rings. The van der Waals surface area contributed by atoms with Crippen LogP contribution in [0.4, 0.5) is 5.82 Å². The monoisotopic (exact) mass is 283 g/mol. The minimum absolute atomic E-state index is 0.335. The van der Waals surface area contributed by atoms with Gasteiger partial charge in [0.2, 0.25) is 5.28 Å². The van der Waals surface area contributed by atoms with Crippen LogP contribution in [0.5, 0.6) is 0 Å². The molecule has 0 aromatic carbocycles. The number of nitrogens with zero attached hydrogens (tertiary/aromatic N) is 3. The lowest BCUT2D eigenvalue weighted by Crippen LogP contribution is -2.20. The lowest BCUT2D eigenvalue weighted by Gasteiger charge is -2.18. The van der Waals surface area contributed by atoms with Crippen molar-refractivity contribution in [3.8, 4) is 0 Å². The van der Waals surface area contributed by atoms with E-state index in [4.69, 9.17) is 11.6 Å². The second-order valence-electron chi connectivity index (χ2n) is 4.52. The molecule has 2 rings (SSSR count). The quantitative estimate of drug-likeness (QED) is 0.606. The van der Waals surface area contributed by atoms with Gasteiger partial charge in [-0.3, -0.25) is 0 Å². The van der Waals surface area contributed by atoms with Crippen molar-refractivity contribution < 1.29 is 0 Å². The van der Waals surface area contributed by atoms with Gasteiger partial charge >= 0.3 is 0 Å². The summed E-state index contributed by atoms with van der Waals surface area (Å²) in [5.41, 5.74) is 0. The van der Waals surface area contributed by atoms with E-state index < -0.39 is 0 Å². The molecule has 0 atom stereocenters. The van der Waals surface area contributed by atoms with Crippen LogP contribution in [0, 0.1) is 6.92 Å². The first-order valence-corrected chi connectivity index (χ1v) is 7.46. The van der Waals surface area contributed by atoms with Crippen LogP contribution >= 0.6 is 22.9 Å². The van der Waals surface area contributed by atoms with Gasteiger partial charge in [-0.15, -0.1) is 11.3 Å². The molecule has 5 heteroatoms. The van der Waals surface area contributed by atoms with Crippen molar-refractivity contribution in [3.63, 3.8) is 0 Å². The molecule has 0 aliphatic carbocycles. The van der Waals surface area contributed by atoms with Crippen LogP contribution in [0.15, 0.2) is 6.07 Å². The number of rotatable bonds is 5. The Morgan fingerprint density at radius 2 is 2.11 bits per heavy atom. The maximum absolute atomic E-state index is 6.00. The number of aromatic nitrogens is 2. The summed E-state index contributed by atoms with van der Waals surface area (Å²) in [7, 11) is 2.07. The van der Waals surface area contributed by atoms with Gasteiger partial charge in [-0.05, 0) is 31.0 Å². The first-order valence-electron chi connectivity index (χ1n) is 6.26. The molecule has 0 spiro atoms. The molecular weight excluding hydrogens is 266 g/mol. The molecule has 0 N–H and O–H groups in total. The number of hydrogen-bond acceptors (Lipinski definition) is 4. The Hall–Kier alpha value is -0.870. The Labute approximate surface area is 117 Å². The van der Waals surface area contributed by atoms with Gasteiger partial charge in [0.1, 0.15) is 10.6 Å². The van der Waals surface area contributed by atoms with Crippen LogP contribution in [-0.4, -0.2) is 23.6 Å². The van der Waals surface area contributed by atoms with Gasteiger partial charge in [-0.25, -0.2) is 4.98 Å². The number of aryl methyl sites for hydroxylation is 1. The predicted octanol–water partition coefficient (Wildman–Crippen LogP) is 4.28. The third-order valence-corrected chi connectivity index (χ3v) is 4.04. The van der Waals surface area contributed by atoms with Crippen LogP contribution in [0.1, 0.15) is 31.1 Å². The zero-order chi connectivity index (χ0) is 13.1. The van der Waals surface area contributed by atoms with E-state index in [-0.39, 0.29) is 0 Å². The number of anilines is 1. The van der Waals surface area contributed by atoms with E-state index in [1.54, 1.807) is 11.3 Å². The van der Waals surface area contributed by atoms with Crippen LogP contribution in [0.25, 0.3) is 10.2 Å². The number of halogens is 1. The van der Waals surface area contributed by atoms with E-state index >= 15 is 0 Å². The van der Waals surface area contributed by atoms with Gasteiger partial charge in [0.15, 0.2) is 0 Å². The highest BCUT2D eigenvalue weighted by atomic mass is 35.5. The minimum atomic E-state index is 0.335. The summed E-state index contributed by atoms with van der Waals surface area (Å²) in [5.74, 6) is 0.949. The minimum Gasteiger partial charge on any atom is -0.359 e. The Balaban J connectivity index is 2.30. The van der Waals surface area contributed by atoms with E-state index in [9.17, 15) is 0 Å². The Morgan fingerprint density at radius 1 is 1.33 bits per heavy atom.